The fraction of sp³-hybridized carbons (Fsp3) is 0.500. The molecule has 13 heavy (non-hydrogen) atoms. The van der Waals surface area contributed by atoms with Crippen molar-refractivity contribution in [1.29, 1.82) is 0 Å². The molecule has 2 bridgehead atoms. The average Bonchev–Trinajstić information content (AvgIpc) is 2.69. The predicted molar refractivity (Wildman–Crippen MR) is 46.8 cm³/mol. The number of carbonyl (C=O) groups is 1. The summed E-state index contributed by atoms with van der Waals surface area (Å²) < 4.78 is 5.05. The highest BCUT2D eigenvalue weighted by molar-refractivity contribution is 5.81. The van der Waals surface area contributed by atoms with Crippen LogP contribution in [-0.2, 0) is 9.53 Å². The fourth-order valence-corrected chi connectivity index (χ4v) is 2.09. The molecule has 2 rings (SSSR count). The molecule has 0 heterocycles. The average molecular weight is 180 g/mol. The maximum absolute atomic E-state index is 10.9. The van der Waals surface area contributed by atoms with E-state index in [0.717, 1.165) is 12.5 Å². The second-order valence-electron chi connectivity index (χ2n) is 3.54. The summed E-state index contributed by atoms with van der Waals surface area (Å²) in [5, 5.41) is 9.66. The summed E-state index contributed by atoms with van der Waals surface area (Å²) in [6.45, 7) is 3.32. The van der Waals surface area contributed by atoms with Gasteiger partial charge in [0.1, 0.15) is 6.10 Å². The van der Waals surface area contributed by atoms with Crippen molar-refractivity contribution in [1.82, 2.24) is 0 Å². The third-order valence-corrected chi connectivity index (χ3v) is 2.77. The lowest BCUT2D eigenvalue weighted by atomic mass is 10.0. The molecule has 2 aliphatic rings. The normalized spacial score (nSPS) is 40.7. The molecule has 0 amide bonds. The minimum absolute atomic E-state index is 0.174. The van der Waals surface area contributed by atoms with E-state index in [9.17, 15) is 9.90 Å². The van der Waals surface area contributed by atoms with Crippen LogP contribution in [0.2, 0.25) is 0 Å². The molecular weight excluding hydrogens is 168 g/mol. The van der Waals surface area contributed by atoms with E-state index < -0.39 is 12.1 Å². The fourth-order valence-electron chi connectivity index (χ4n) is 2.09. The monoisotopic (exact) mass is 180 g/mol. The number of carbonyl (C=O) groups excluding carboxylic acids is 1. The van der Waals surface area contributed by atoms with Gasteiger partial charge in [-0.2, -0.15) is 0 Å². The molecule has 4 atom stereocenters. The third kappa shape index (κ3) is 1.29. The number of fused-ring (bicyclic) bond motifs is 2. The standard InChI is InChI=1S/C10H12O3/c1-2-8(11)13-10-7-4-3-6(5-7)9(10)12/h2-4,6-7,9-10,12H,1,5H2. The largest absolute Gasteiger partial charge is 0.456 e. The lowest BCUT2D eigenvalue weighted by Crippen LogP contribution is -2.34. The SMILES string of the molecule is C=CC(=O)OC1C2C=CC(C2)C1O. The van der Waals surface area contributed by atoms with Crippen molar-refractivity contribution in [2.24, 2.45) is 11.8 Å². The van der Waals surface area contributed by atoms with Crippen LogP contribution in [0.1, 0.15) is 6.42 Å². The highest BCUT2D eigenvalue weighted by Crippen LogP contribution is 2.40. The van der Waals surface area contributed by atoms with Gasteiger partial charge in [-0.1, -0.05) is 18.7 Å². The van der Waals surface area contributed by atoms with Crippen LogP contribution >= 0.6 is 0 Å². The van der Waals surface area contributed by atoms with E-state index in [0.29, 0.717) is 0 Å². The predicted octanol–water partition coefficient (Wildman–Crippen LogP) is 0.651. The number of aliphatic hydroxyl groups excluding tert-OH is 1. The highest BCUT2D eigenvalue weighted by atomic mass is 16.6. The van der Waals surface area contributed by atoms with Crippen LogP contribution in [0.4, 0.5) is 0 Å². The Morgan fingerprint density at radius 3 is 2.77 bits per heavy atom. The van der Waals surface area contributed by atoms with E-state index in [-0.39, 0.29) is 17.9 Å². The number of esters is 1. The molecule has 1 N–H and O–H groups in total. The van der Waals surface area contributed by atoms with Gasteiger partial charge < -0.3 is 9.84 Å². The molecule has 1 fully saturated rings. The Balaban J connectivity index is 2.05. The quantitative estimate of drug-likeness (QED) is 0.385. The van der Waals surface area contributed by atoms with Crippen LogP contribution < -0.4 is 0 Å². The minimum Gasteiger partial charge on any atom is -0.456 e. The van der Waals surface area contributed by atoms with Crippen LogP contribution in [0.25, 0.3) is 0 Å². The Morgan fingerprint density at radius 2 is 2.23 bits per heavy atom. The van der Waals surface area contributed by atoms with Gasteiger partial charge in [0.15, 0.2) is 0 Å². The van der Waals surface area contributed by atoms with Gasteiger partial charge >= 0.3 is 5.97 Å². The first-order chi connectivity index (χ1) is 6.22. The van der Waals surface area contributed by atoms with Crippen molar-refractivity contribution in [3.05, 3.63) is 24.8 Å². The molecule has 0 radical (unpaired) electrons. The van der Waals surface area contributed by atoms with E-state index in [1.165, 1.54) is 0 Å². The zero-order chi connectivity index (χ0) is 9.42. The molecule has 0 aromatic heterocycles. The molecule has 3 nitrogen and oxygen atoms in total. The summed E-state index contributed by atoms with van der Waals surface area (Å²) in [4.78, 5) is 10.9. The van der Waals surface area contributed by atoms with Crippen molar-refractivity contribution < 1.29 is 14.6 Å². The first kappa shape index (κ1) is 8.51. The van der Waals surface area contributed by atoms with Gasteiger partial charge in [-0.25, -0.2) is 4.79 Å². The van der Waals surface area contributed by atoms with Crippen LogP contribution in [0.3, 0.4) is 0 Å². The molecule has 3 heteroatoms. The lowest BCUT2D eigenvalue weighted by Gasteiger charge is -2.22. The van der Waals surface area contributed by atoms with E-state index in [1.54, 1.807) is 0 Å². The van der Waals surface area contributed by atoms with E-state index in [2.05, 4.69) is 6.58 Å². The van der Waals surface area contributed by atoms with Gasteiger partial charge in [-0.15, -0.1) is 0 Å². The number of hydrogen-bond acceptors (Lipinski definition) is 3. The van der Waals surface area contributed by atoms with Crippen molar-refractivity contribution in [2.75, 3.05) is 0 Å². The maximum Gasteiger partial charge on any atom is 0.330 e. The van der Waals surface area contributed by atoms with Gasteiger partial charge in [0.05, 0.1) is 6.10 Å². The Bertz CT molecular complexity index is 269. The maximum atomic E-state index is 10.9. The van der Waals surface area contributed by atoms with Crippen LogP contribution in [0.5, 0.6) is 0 Å². The van der Waals surface area contributed by atoms with Gasteiger partial charge in [-0.3, -0.25) is 0 Å². The van der Waals surface area contributed by atoms with E-state index in [1.807, 2.05) is 12.2 Å². The number of rotatable bonds is 2. The minimum atomic E-state index is -0.529. The van der Waals surface area contributed by atoms with E-state index >= 15 is 0 Å². The van der Waals surface area contributed by atoms with Crippen LogP contribution in [0, 0.1) is 11.8 Å². The molecule has 70 valence electrons. The van der Waals surface area contributed by atoms with Crippen molar-refractivity contribution in [3.63, 3.8) is 0 Å². The molecule has 0 aliphatic heterocycles. The van der Waals surface area contributed by atoms with Gasteiger partial charge in [0.2, 0.25) is 0 Å². The molecule has 0 aromatic rings. The second-order valence-corrected chi connectivity index (χ2v) is 3.54. The Kier molecular flexibility index (Phi) is 1.96. The molecule has 4 unspecified atom stereocenters. The summed E-state index contributed by atoms with van der Waals surface area (Å²) in [6, 6.07) is 0. The van der Waals surface area contributed by atoms with Gasteiger partial charge in [0, 0.05) is 17.9 Å². The van der Waals surface area contributed by atoms with Crippen molar-refractivity contribution in [3.8, 4) is 0 Å². The first-order valence-corrected chi connectivity index (χ1v) is 4.42. The second kappa shape index (κ2) is 3.00. The topological polar surface area (TPSA) is 46.5 Å². The van der Waals surface area contributed by atoms with E-state index in [4.69, 9.17) is 4.74 Å². The summed E-state index contributed by atoms with van der Waals surface area (Å²) >= 11 is 0. The summed E-state index contributed by atoms with van der Waals surface area (Å²) in [5.41, 5.74) is 0. The van der Waals surface area contributed by atoms with Crippen LogP contribution in [0.15, 0.2) is 24.8 Å². The Hall–Kier alpha value is -1.09. The smallest absolute Gasteiger partial charge is 0.330 e. The summed E-state index contributed by atoms with van der Waals surface area (Å²) in [6.07, 6.45) is 5.14. The Morgan fingerprint density at radius 1 is 1.54 bits per heavy atom. The molecule has 0 aromatic carbocycles. The van der Waals surface area contributed by atoms with Crippen molar-refractivity contribution in [2.45, 2.75) is 18.6 Å². The molecule has 2 aliphatic carbocycles. The van der Waals surface area contributed by atoms with Gasteiger partial charge in [-0.05, 0) is 6.42 Å². The molecule has 0 spiro atoms. The number of aliphatic hydroxyl groups is 1. The molecule has 0 saturated heterocycles. The molecule has 1 saturated carbocycles. The number of ether oxygens (including phenoxy) is 1. The van der Waals surface area contributed by atoms with Crippen molar-refractivity contribution >= 4 is 5.97 Å². The first-order valence-electron chi connectivity index (χ1n) is 4.42. The Labute approximate surface area is 76.7 Å². The summed E-state index contributed by atoms with van der Waals surface area (Å²) in [7, 11) is 0. The zero-order valence-corrected chi connectivity index (χ0v) is 7.22. The number of hydrogen-bond donors (Lipinski definition) is 1. The third-order valence-electron chi connectivity index (χ3n) is 2.77. The molecular formula is C10H12O3. The van der Waals surface area contributed by atoms with Gasteiger partial charge in [0.25, 0.3) is 0 Å². The zero-order valence-electron chi connectivity index (χ0n) is 7.22. The van der Waals surface area contributed by atoms with Crippen LogP contribution in [-0.4, -0.2) is 23.3 Å². The lowest BCUT2D eigenvalue weighted by molar-refractivity contribution is -0.149. The summed E-state index contributed by atoms with van der Waals surface area (Å²) in [5.74, 6) is -0.0819. The highest BCUT2D eigenvalue weighted by Gasteiger charge is 2.45.